The number of hydrogen-bond donors (Lipinski definition) is 1. The molecule has 1 amide bonds. The van der Waals surface area contributed by atoms with E-state index in [0.29, 0.717) is 12.2 Å². The summed E-state index contributed by atoms with van der Waals surface area (Å²) in [5, 5.41) is 2.94. The molecular formula is C17H25Cl2IN4O. The zero-order valence-corrected chi connectivity index (χ0v) is 18.3. The molecule has 0 atom stereocenters. The van der Waals surface area contributed by atoms with Crippen LogP contribution in [0.3, 0.4) is 0 Å². The minimum atomic E-state index is -0.161. The summed E-state index contributed by atoms with van der Waals surface area (Å²) in [7, 11) is 0. The Morgan fingerprint density at radius 1 is 1.12 bits per heavy atom. The summed E-state index contributed by atoms with van der Waals surface area (Å²) < 4.78 is 1.11. The van der Waals surface area contributed by atoms with E-state index in [1.807, 2.05) is 18.2 Å². The summed E-state index contributed by atoms with van der Waals surface area (Å²) in [4.78, 5) is 23.3. The van der Waals surface area contributed by atoms with Crippen LogP contribution in [0.5, 0.6) is 0 Å². The SMILES string of the molecule is CCCN(CCC)CCNC(=O)c1cnc2cc(I)ccc2n1.Cl.Cl. The molecule has 140 valence electrons. The molecule has 0 fully saturated rings. The van der Waals surface area contributed by atoms with Gasteiger partial charge in [0.05, 0.1) is 17.2 Å². The lowest BCUT2D eigenvalue weighted by molar-refractivity contribution is 0.0943. The van der Waals surface area contributed by atoms with Crippen molar-refractivity contribution < 1.29 is 4.79 Å². The second kappa shape index (κ2) is 12.6. The van der Waals surface area contributed by atoms with Gasteiger partial charge in [0.15, 0.2) is 0 Å². The third-order valence-electron chi connectivity index (χ3n) is 3.53. The highest BCUT2D eigenvalue weighted by molar-refractivity contribution is 14.1. The van der Waals surface area contributed by atoms with E-state index in [1.54, 1.807) is 6.20 Å². The lowest BCUT2D eigenvalue weighted by atomic mass is 10.3. The topological polar surface area (TPSA) is 58.1 Å². The third kappa shape index (κ3) is 7.60. The van der Waals surface area contributed by atoms with Crippen LogP contribution in [0.4, 0.5) is 0 Å². The highest BCUT2D eigenvalue weighted by atomic mass is 127. The summed E-state index contributed by atoms with van der Waals surface area (Å²) >= 11 is 2.24. The van der Waals surface area contributed by atoms with Gasteiger partial charge in [0.25, 0.3) is 5.91 Å². The van der Waals surface area contributed by atoms with Crippen LogP contribution < -0.4 is 5.32 Å². The van der Waals surface area contributed by atoms with Gasteiger partial charge in [-0.3, -0.25) is 9.78 Å². The molecule has 2 rings (SSSR count). The second-order valence-corrected chi connectivity index (χ2v) is 6.73. The Kier molecular flexibility index (Phi) is 12.3. The van der Waals surface area contributed by atoms with Crippen molar-refractivity contribution in [2.75, 3.05) is 26.2 Å². The monoisotopic (exact) mass is 498 g/mol. The van der Waals surface area contributed by atoms with E-state index in [0.717, 1.165) is 47.1 Å². The number of hydrogen-bond acceptors (Lipinski definition) is 4. The number of carbonyl (C=O) groups is 1. The van der Waals surface area contributed by atoms with Crippen LogP contribution in [0, 0.1) is 3.57 Å². The van der Waals surface area contributed by atoms with Gasteiger partial charge in [-0.15, -0.1) is 24.8 Å². The number of halogens is 3. The predicted molar refractivity (Wildman–Crippen MR) is 116 cm³/mol. The van der Waals surface area contributed by atoms with Crippen molar-refractivity contribution in [3.63, 3.8) is 0 Å². The van der Waals surface area contributed by atoms with E-state index >= 15 is 0 Å². The molecule has 0 aliphatic heterocycles. The summed E-state index contributed by atoms with van der Waals surface area (Å²) in [6.07, 6.45) is 3.80. The van der Waals surface area contributed by atoms with E-state index in [4.69, 9.17) is 0 Å². The predicted octanol–water partition coefficient (Wildman–Crippen LogP) is 3.93. The average Bonchev–Trinajstić information content (AvgIpc) is 2.54. The van der Waals surface area contributed by atoms with Crippen LogP contribution in [-0.2, 0) is 0 Å². The molecule has 25 heavy (non-hydrogen) atoms. The highest BCUT2D eigenvalue weighted by Crippen LogP contribution is 2.13. The molecule has 8 heteroatoms. The molecule has 0 spiro atoms. The number of fused-ring (bicyclic) bond motifs is 1. The Bertz CT molecular complexity index is 666. The normalized spacial score (nSPS) is 10.2. The van der Waals surface area contributed by atoms with Crippen LogP contribution in [0.15, 0.2) is 24.4 Å². The van der Waals surface area contributed by atoms with Gasteiger partial charge in [0.2, 0.25) is 0 Å². The minimum absolute atomic E-state index is 0. The molecule has 1 aromatic carbocycles. The van der Waals surface area contributed by atoms with Gasteiger partial charge in [-0.2, -0.15) is 0 Å². The number of carbonyl (C=O) groups excluding carboxylic acids is 1. The second-order valence-electron chi connectivity index (χ2n) is 5.49. The zero-order chi connectivity index (χ0) is 16.7. The first-order chi connectivity index (χ1) is 11.1. The van der Waals surface area contributed by atoms with Crippen molar-refractivity contribution in [2.24, 2.45) is 0 Å². The summed E-state index contributed by atoms with van der Waals surface area (Å²) in [5.74, 6) is -0.161. The third-order valence-corrected chi connectivity index (χ3v) is 4.20. The van der Waals surface area contributed by atoms with E-state index in [1.165, 1.54) is 0 Å². The number of nitrogens with one attached hydrogen (secondary N) is 1. The molecule has 0 saturated heterocycles. The smallest absolute Gasteiger partial charge is 0.271 e. The Hall–Kier alpha value is -0.700. The molecule has 0 unspecified atom stereocenters. The summed E-state index contributed by atoms with van der Waals surface area (Å²) in [6.45, 7) is 7.98. The molecule has 0 saturated carbocycles. The quantitative estimate of drug-likeness (QED) is 0.560. The van der Waals surface area contributed by atoms with Crippen LogP contribution >= 0.6 is 47.4 Å². The summed E-state index contributed by atoms with van der Waals surface area (Å²) in [6, 6.07) is 5.82. The van der Waals surface area contributed by atoms with Crippen molar-refractivity contribution in [3.8, 4) is 0 Å². The fourth-order valence-corrected chi connectivity index (χ4v) is 2.95. The molecular weight excluding hydrogens is 474 g/mol. The Morgan fingerprint density at radius 2 is 1.80 bits per heavy atom. The molecule has 1 aromatic heterocycles. The molecule has 2 aromatic rings. The largest absolute Gasteiger partial charge is 0.349 e. The molecule has 0 bridgehead atoms. The van der Waals surface area contributed by atoms with Crippen molar-refractivity contribution in [2.45, 2.75) is 26.7 Å². The Morgan fingerprint density at radius 3 is 2.44 bits per heavy atom. The van der Waals surface area contributed by atoms with Crippen molar-refractivity contribution in [3.05, 3.63) is 33.7 Å². The van der Waals surface area contributed by atoms with Crippen molar-refractivity contribution in [1.82, 2.24) is 20.2 Å². The van der Waals surface area contributed by atoms with Crippen molar-refractivity contribution >= 4 is 64.3 Å². The van der Waals surface area contributed by atoms with Gasteiger partial charge in [0, 0.05) is 16.7 Å². The molecule has 1 heterocycles. The average molecular weight is 499 g/mol. The molecule has 5 nitrogen and oxygen atoms in total. The van der Waals surface area contributed by atoms with E-state index in [9.17, 15) is 4.79 Å². The fraction of sp³-hybridized carbons (Fsp3) is 0.471. The van der Waals surface area contributed by atoms with Gasteiger partial charge in [-0.25, -0.2) is 4.98 Å². The van der Waals surface area contributed by atoms with Gasteiger partial charge in [0.1, 0.15) is 5.69 Å². The summed E-state index contributed by atoms with van der Waals surface area (Å²) in [5.41, 5.74) is 1.93. The number of amides is 1. The molecule has 0 aliphatic rings. The van der Waals surface area contributed by atoms with E-state index in [2.05, 4.69) is 56.6 Å². The maximum atomic E-state index is 12.2. The van der Waals surface area contributed by atoms with E-state index < -0.39 is 0 Å². The molecule has 0 aliphatic carbocycles. The number of rotatable bonds is 8. The highest BCUT2D eigenvalue weighted by Gasteiger charge is 2.10. The maximum Gasteiger partial charge on any atom is 0.271 e. The Labute approximate surface area is 175 Å². The van der Waals surface area contributed by atoms with Crippen LogP contribution in [0.2, 0.25) is 0 Å². The number of benzene rings is 1. The fourth-order valence-electron chi connectivity index (χ4n) is 2.48. The van der Waals surface area contributed by atoms with Gasteiger partial charge in [-0.05, 0) is 66.7 Å². The van der Waals surface area contributed by atoms with Crippen molar-refractivity contribution in [1.29, 1.82) is 0 Å². The number of nitrogens with zero attached hydrogens (tertiary/aromatic N) is 3. The molecule has 0 radical (unpaired) electrons. The van der Waals surface area contributed by atoms with Crippen LogP contribution in [-0.4, -0.2) is 47.0 Å². The van der Waals surface area contributed by atoms with Crippen LogP contribution in [0.25, 0.3) is 11.0 Å². The first-order valence-electron chi connectivity index (χ1n) is 8.07. The lowest BCUT2D eigenvalue weighted by Gasteiger charge is -2.20. The standard InChI is InChI=1S/C17H23IN4O.2ClH/c1-3-8-22(9-4-2)10-7-19-17(23)16-12-20-15-11-13(18)5-6-14(15)21-16;;/h5-6,11-12H,3-4,7-10H2,1-2H3,(H,19,23);2*1H. The minimum Gasteiger partial charge on any atom is -0.349 e. The van der Waals surface area contributed by atoms with Crippen LogP contribution in [0.1, 0.15) is 37.2 Å². The zero-order valence-electron chi connectivity index (χ0n) is 14.5. The molecule has 1 N–H and O–H groups in total. The maximum absolute atomic E-state index is 12.2. The first kappa shape index (κ1) is 24.3. The van der Waals surface area contributed by atoms with Gasteiger partial charge < -0.3 is 10.2 Å². The number of aromatic nitrogens is 2. The van der Waals surface area contributed by atoms with Gasteiger partial charge >= 0.3 is 0 Å². The van der Waals surface area contributed by atoms with Gasteiger partial charge in [-0.1, -0.05) is 13.8 Å². The lowest BCUT2D eigenvalue weighted by Crippen LogP contribution is -2.36. The van der Waals surface area contributed by atoms with E-state index in [-0.39, 0.29) is 30.7 Å². The Balaban J connectivity index is 0.00000288. The first-order valence-corrected chi connectivity index (χ1v) is 9.14.